The van der Waals surface area contributed by atoms with Crippen molar-refractivity contribution in [3.8, 4) is 50.4 Å². The van der Waals surface area contributed by atoms with Gasteiger partial charge in [0, 0.05) is 40.8 Å². The van der Waals surface area contributed by atoms with Crippen molar-refractivity contribution in [3.05, 3.63) is 175 Å². The number of hydrogen-bond acceptors (Lipinski definition) is 4. The maximum absolute atomic E-state index is 11.4. The van der Waals surface area contributed by atoms with Gasteiger partial charge in [0.15, 0.2) is 0 Å². The molecule has 7 aromatic rings. The average molecular weight is 715 g/mol. The minimum Gasteiger partial charge on any atom is -0.508 e. The summed E-state index contributed by atoms with van der Waals surface area (Å²) in [6.07, 6.45) is 1.09. The summed E-state index contributed by atoms with van der Waals surface area (Å²) in [5, 5.41) is 15.2. The van der Waals surface area contributed by atoms with Crippen molar-refractivity contribution in [2.24, 2.45) is 0 Å². The van der Waals surface area contributed by atoms with Crippen molar-refractivity contribution in [3.63, 3.8) is 0 Å². The fraction of sp³-hybridized carbons (Fsp3) is 0.180. The molecule has 4 heteroatoms. The van der Waals surface area contributed by atoms with Gasteiger partial charge in [0.2, 0.25) is 0 Å². The number of aromatic hydroxyl groups is 1. The molecule has 1 aliphatic rings. The molecular weight excluding hydrogens is 659 g/mol. The molecule has 268 valence electrons. The zero-order valence-corrected chi connectivity index (χ0v) is 30.4. The monoisotopic (exact) mass is 714 g/mol. The number of benzene rings is 6. The van der Waals surface area contributed by atoms with Gasteiger partial charge >= 0.3 is 0 Å². The molecule has 0 bridgehead atoms. The SMILES string of the molecule is [2H]C([2H])([2H])C(c1ccc(N2c3cccc(-c4cc(-c5cc(-c6ccccc6)ccn5)cc(C(C)(C)C)c4)c3NC2c2ccccc2O)c(-c2ccccc2)c1)(C([2H])([2H])[2H])C([2H])([2H])[2H]. The van der Waals surface area contributed by atoms with E-state index in [2.05, 4.69) is 62.5 Å². The predicted octanol–water partition coefficient (Wildman–Crippen LogP) is 13.3. The zero-order valence-electron chi connectivity index (χ0n) is 39.4. The van der Waals surface area contributed by atoms with Crippen LogP contribution in [-0.4, -0.2) is 10.1 Å². The van der Waals surface area contributed by atoms with E-state index in [0.717, 1.165) is 44.8 Å². The highest BCUT2D eigenvalue weighted by molar-refractivity contribution is 5.97. The van der Waals surface area contributed by atoms with E-state index < -0.39 is 32.1 Å². The molecule has 0 fully saturated rings. The smallest absolute Gasteiger partial charge is 0.134 e. The number of para-hydroxylation sites is 2. The Morgan fingerprint density at radius 2 is 1.28 bits per heavy atom. The van der Waals surface area contributed by atoms with E-state index >= 15 is 0 Å². The third-order valence-corrected chi connectivity index (χ3v) is 10.1. The first-order valence-corrected chi connectivity index (χ1v) is 18.1. The second-order valence-electron chi connectivity index (χ2n) is 14.9. The van der Waals surface area contributed by atoms with Crippen molar-refractivity contribution >= 4 is 17.1 Å². The van der Waals surface area contributed by atoms with E-state index in [-0.39, 0.29) is 16.7 Å². The molecule has 0 radical (unpaired) electrons. The minimum absolute atomic E-state index is 0.0276. The summed E-state index contributed by atoms with van der Waals surface area (Å²) in [5.41, 5.74) is 6.45. The third-order valence-electron chi connectivity index (χ3n) is 10.1. The first-order chi connectivity index (χ1) is 29.7. The Morgan fingerprint density at radius 1 is 0.574 bits per heavy atom. The fourth-order valence-corrected chi connectivity index (χ4v) is 7.27. The molecule has 2 N–H and O–H groups in total. The lowest BCUT2D eigenvalue weighted by Gasteiger charge is -2.31. The Morgan fingerprint density at radius 3 is 2.00 bits per heavy atom. The summed E-state index contributed by atoms with van der Waals surface area (Å²) in [7, 11) is 0. The standard InChI is InChI=1S/C50H47N3O/c1-49(2,3)38-24-25-44(42(32-38)34-18-11-8-12-19-34)53-45-22-15-21-40(47(45)52-48(53)41-20-13-14-23-46(41)54)36-28-37(30-39(29-36)50(4,5)6)43-31-35(26-27-51-43)33-16-9-7-10-17-33/h7-32,48,52,54H,1-6H3/i1D3,2D3,3D3. The molecule has 0 spiro atoms. The molecule has 6 aromatic carbocycles. The largest absolute Gasteiger partial charge is 0.508 e. The second-order valence-corrected chi connectivity index (χ2v) is 14.9. The van der Waals surface area contributed by atoms with Crippen LogP contribution in [0.1, 0.15) is 76.5 Å². The highest BCUT2D eigenvalue weighted by Crippen LogP contribution is 2.53. The van der Waals surface area contributed by atoms with Gasteiger partial charge in [-0.3, -0.25) is 4.98 Å². The summed E-state index contributed by atoms with van der Waals surface area (Å²) in [6.45, 7) is -3.85. The summed E-state index contributed by atoms with van der Waals surface area (Å²) in [5.74, 6) is 0.0276. The second kappa shape index (κ2) is 13.7. The Kier molecular flexibility index (Phi) is 6.54. The average Bonchev–Trinajstić information content (AvgIpc) is 3.62. The van der Waals surface area contributed by atoms with Crippen LogP contribution in [0, 0.1) is 0 Å². The van der Waals surface area contributed by atoms with Gasteiger partial charge in [0.1, 0.15) is 11.9 Å². The van der Waals surface area contributed by atoms with Gasteiger partial charge in [0.05, 0.1) is 22.8 Å². The van der Waals surface area contributed by atoms with Crippen LogP contribution in [0.3, 0.4) is 0 Å². The maximum Gasteiger partial charge on any atom is 0.134 e. The third kappa shape index (κ3) is 6.65. The summed E-state index contributed by atoms with van der Waals surface area (Å²) in [6, 6.07) is 47.0. The molecule has 1 atom stereocenters. The van der Waals surface area contributed by atoms with Crippen molar-refractivity contribution in [1.29, 1.82) is 0 Å². The summed E-state index contributed by atoms with van der Waals surface area (Å²) in [4.78, 5) is 6.82. The van der Waals surface area contributed by atoms with Crippen LogP contribution in [0.4, 0.5) is 17.1 Å². The Hall–Kier alpha value is -6.13. The molecule has 0 saturated heterocycles. The van der Waals surface area contributed by atoms with Crippen LogP contribution >= 0.6 is 0 Å². The normalized spacial score (nSPS) is 17.3. The van der Waals surface area contributed by atoms with Crippen molar-refractivity contribution in [2.45, 2.75) is 58.3 Å². The molecule has 1 aromatic heterocycles. The number of fused-ring (bicyclic) bond motifs is 1. The van der Waals surface area contributed by atoms with Crippen LogP contribution in [0.5, 0.6) is 5.75 Å². The van der Waals surface area contributed by atoms with Crippen LogP contribution in [0.25, 0.3) is 44.6 Å². The molecule has 2 heterocycles. The van der Waals surface area contributed by atoms with E-state index in [4.69, 9.17) is 17.3 Å². The predicted molar refractivity (Wildman–Crippen MR) is 226 cm³/mol. The number of phenolic OH excluding ortho intramolecular Hbond substituents is 1. The van der Waals surface area contributed by atoms with Crippen LogP contribution in [0.2, 0.25) is 0 Å². The van der Waals surface area contributed by atoms with Crippen LogP contribution < -0.4 is 10.2 Å². The number of anilines is 3. The van der Waals surface area contributed by atoms with Gasteiger partial charge in [-0.1, -0.05) is 144 Å². The van der Waals surface area contributed by atoms with Crippen molar-refractivity contribution in [1.82, 2.24) is 4.98 Å². The molecule has 0 amide bonds. The van der Waals surface area contributed by atoms with Gasteiger partial charge in [-0.25, -0.2) is 0 Å². The first-order valence-electron chi connectivity index (χ1n) is 22.6. The quantitative estimate of drug-likeness (QED) is 0.180. The van der Waals surface area contributed by atoms with Gasteiger partial charge in [-0.2, -0.15) is 0 Å². The van der Waals surface area contributed by atoms with Crippen molar-refractivity contribution < 1.29 is 17.4 Å². The van der Waals surface area contributed by atoms with E-state index in [1.165, 1.54) is 12.1 Å². The fourth-order valence-electron chi connectivity index (χ4n) is 7.27. The van der Waals surface area contributed by atoms with E-state index in [1.54, 1.807) is 42.5 Å². The maximum atomic E-state index is 11.4. The summed E-state index contributed by atoms with van der Waals surface area (Å²) < 4.78 is 76.4. The minimum atomic E-state index is -3.45. The number of nitrogens with one attached hydrogen (secondary N) is 1. The number of phenols is 1. The van der Waals surface area contributed by atoms with E-state index in [9.17, 15) is 5.11 Å². The number of hydrogen-bond donors (Lipinski definition) is 2. The molecule has 1 aliphatic heterocycles. The Balaban J connectivity index is 1.37. The van der Waals surface area contributed by atoms with Crippen molar-refractivity contribution in [2.75, 3.05) is 10.2 Å². The van der Waals surface area contributed by atoms with Gasteiger partial charge < -0.3 is 15.3 Å². The number of nitrogens with zero attached hydrogens (tertiary/aromatic N) is 2. The number of aromatic nitrogens is 1. The lowest BCUT2D eigenvalue weighted by molar-refractivity contribution is 0.464. The lowest BCUT2D eigenvalue weighted by Crippen LogP contribution is -2.24. The van der Waals surface area contributed by atoms with Gasteiger partial charge in [-0.15, -0.1) is 0 Å². The zero-order chi connectivity index (χ0) is 45.1. The summed E-state index contributed by atoms with van der Waals surface area (Å²) >= 11 is 0. The Labute approximate surface area is 332 Å². The van der Waals surface area contributed by atoms with E-state index in [0.29, 0.717) is 28.1 Å². The highest BCUT2D eigenvalue weighted by Gasteiger charge is 2.36. The molecule has 54 heavy (non-hydrogen) atoms. The van der Waals surface area contributed by atoms with Gasteiger partial charge in [0.25, 0.3) is 0 Å². The molecule has 4 nitrogen and oxygen atoms in total. The molecule has 1 unspecified atom stereocenters. The molecular formula is C50H47N3O. The first kappa shape index (κ1) is 25.8. The molecule has 0 aliphatic carbocycles. The molecule has 0 saturated carbocycles. The van der Waals surface area contributed by atoms with Gasteiger partial charge in [-0.05, 0) is 92.7 Å². The van der Waals surface area contributed by atoms with E-state index in [1.807, 2.05) is 71.8 Å². The molecule has 8 rings (SSSR count). The van der Waals surface area contributed by atoms with Crippen LogP contribution in [-0.2, 0) is 10.8 Å². The lowest BCUT2D eigenvalue weighted by atomic mass is 9.83. The topological polar surface area (TPSA) is 48.4 Å². The number of pyridine rings is 1. The Bertz CT molecular complexity index is 2760. The van der Waals surface area contributed by atoms with Crippen LogP contribution in [0.15, 0.2) is 158 Å². The highest BCUT2D eigenvalue weighted by atomic mass is 16.3. The number of rotatable bonds is 6.